The number of rotatable bonds is 7. The maximum Gasteiger partial charge on any atom is 0.112 e. The standard InChI is InChI=1S/C21H34N4/c1-12(2)17-10-23-20(25-17)21(6,7)16-9-15(16)8-14(5)18-11-22-19(24-18)13(3)4/h10-16H,8-9H2,1-7H3,(H,22,24)(H,23,25)/t14?,15?,16-/m0/s1. The zero-order chi connectivity index (χ0) is 18.4. The first-order chi connectivity index (χ1) is 11.7. The van der Waals surface area contributed by atoms with E-state index in [-0.39, 0.29) is 5.41 Å². The van der Waals surface area contributed by atoms with Crippen molar-refractivity contribution in [2.45, 2.75) is 84.5 Å². The molecule has 0 radical (unpaired) electrons. The number of H-pyrrole nitrogens is 2. The summed E-state index contributed by atoms with van der Waals surface area (Å²) in [6, 6.07) is 0. The molecule has 4 heteroatoms. The molecule has 1 aliphatic rings. The molecule has 0 spiro atoms. The van der Waals surface area contributed by atoms with Crippen molar-refractivity contribution >= 4 is 0 Å². The molecule has 2 aromatic heterocycles. The van der Waals surface area contributed by atoms with Crippen molar-refractivity contribution in [3.63, 3.8) is 0 Å². The molecule has 2 heterocycles. The molecule has 3 atom stereocenters. The van der Waals surface area contributed by atoms with Crippen molar-refractivity contribution in [1.82, 2.24) is 19.9 Å². The van der Waals surface area contributed by atoms with E-state index >= 15 is 0 Å². The van der Waals surface area contributed by atoms with Crippen LogP contribution in [0.4, 0.5) is 0 Å². The van der Waals surface area contributed by atoms with Gasteiger partial charge in [-0.3, -0.25) is 0 Å². The van der Waals surface area contributed by atoms with E-state index in [2.05, 4.69) is 69.6 Å². The van der Waals surface area contributed by atoms with Gasteiger partial charge in [0.2, 0.25) is 0 Å². The number of aromatic nitrogens is 4. The molecule has 3 rings (SSSR count). The van der Waals surface area contributed by atoms with Gasteiger partial charge in [0.05, 0.1) is 5.69 Å². The Morgan fingerprint density at radius 1 is 1.16 bits per heavy atom. The van der Waals surface area contributed by atoms with Gasteiger partial charge in [0.1, 0.15) is 11.6 Å². The second-order valence-corrected chi connectivity index (χ2v) is 9.17. The smallest absolute Gasteiger partial charge is 0.112 e. The third-order valence-electron chi connectivity index (χ3n) is 6.00. The van der Waals surface area contributed by atoms with Crippen LogP contribution in [0.25, 0.3) is 0 Å². The summed E-state index contributed by atoms with van der Waals surface area (Å²) in [5, 5.41) is 0. The van der Waals surface area contributed by atoms with E-state index in [1.807, 2.05) is 6.20 Å². The van der Waals surface area contributed by atoms with Crippen LogP contribution in [0.1, 0.15) is 102 Å². The van der Waals surface area contributed by atoms with Crippen LogP contribution >= 0.6 is 0 Å². The topological polar surface area (TPSA) is 57.4 Å². The number of nitrogens with zero attached hydrogens (tertiary/aromatic N) is 2. The quantitative estimate of drug-likeness (QED) is 0.699. The van der Waals surface area contributed by atoms with E-state index in [0.29, 0.717) is 23.7 Å². The number of nitrogens with one attached hydrogen (secondary N) is 2. The fourth-order valence-electron chi connectivity index (χ4n) is 4.01. The van der Waals surface area contributed by atoms with Crippen molar-refractivity contribution in [2.24, 2.45) is 11.8 Å². The van der Waals surface area contributed by atoms with Gasteiger partial charge in [-0.2, -0.15) is 0 Å². The van der Waals surface area contributed by atoms with Crippen LogP contribution in [0.3, 0.4) is 0 Å². The molecule has 4 nitrogen and oxygen atoms in total. The fraction of sp³-hybridized carbons (Fsp3) is 0.714. The van der Waals surface area contributed by atoms with Crippen molar-refractivity contribution in [3.8, 4) is 0 Å². The molecular weight excluding hydrogens is 308 g/mol. The molecule has 0 aliphatic heterocycles. The van der Waals surface area contributed by atoms with Crippen LogP contribution in [0, 0.1) is 11.8 Å². The summed E-state index contributed by atoms with van der Waals surface area (Å²) in [6.07, 6.45) is 6.65. The molecule has 0 saturated heterocycles. The minimum Gasteiger partial charge on any atom is -0.348 e. The van der Waals surface area contributed by atoms with Crippen LogP contribution in [-0.4, -0.2) is 19.9 Å². The Labute approximate surface area is 152 Å². The van der Waals surface area contributed by atoms with Crippen molar-refractivity contribution < 1.29 is 0 Å². The number of imidazole rings is 2. The molecule has 1 fully saturated rings. The van der Waals surface area contributed by atoms with Crippen LogP contribution in [-0.2, 0) is 5.41 Å². The van der Waals surface area contributed by atoms with Gasteiger partial charge in [-0.25, -0.2) is 9.97 Å². The van der Waals surface area contributed by atoms with E-state index in [1.165, 1.54) is 24.2 Å². The SMILES string of the molecule is CC(C)c1c[nH]c(C(C)(C)[C@H]2CC2CC(C)c2cnc(C(C)C)[nH]2)n1. The Balaban J connectivity index is 1.62. The van der Waals surface area contributed by atoms with Crippen LogP contribution in [0.2, 0.25) is 0 Å². The lowest BCUT2D eigenvalue weighted by atomic mass is 9.84. The second kappa shape index (κ2) is 6.62. The van der Waals surface area contributed by atoms with Gasteiger partial charge in [-0.15, -0.1) is 0 Å². The van der Waals surface area contributed by atoms with Crippen LogP contribution < -0.4 is 0 Å². The van der Waals surface area contributed by atoms with E-state index in [4.69, 9.17) is 4.98 Å². The molecule has 138 valence electrons. The lowest BCUT2D eigenvalue weighted by Gasteiger charge is -2.23. The molecule has 0 aromatic carbocycles. The summed E-state index contributed by atoms with van der Waals surface area (Å²) >= 11 is 0. The highest BCUT2D eigenvalue weighted by atomic mass is 14.9. The van der Waals surface area contributed by atoms with Crippen molar-refractivity contribution in [1.29, 1.82) is 0 Å². The molecule has 25 heavy (non-hydrogen) atoms. The largest absolute Gasteiger partial charge is 0.348 e. The van der Waals surface area contributed by atoms with Gasteiger partial charge < -0.3 is 9.97 Å². The first kappa shape index (κ1) is 18.2. The van der Waals surface area contributed by atoms with Gasteiger partial charge in [-0.05, 0) is 36.5 Å². The summed E-state index contributed by atoms with van der Waals surface area (Å²) in [5.41, 5.74) is 2.58. The first-order valence-electron chi connectivity index (χ1n) is 9.80. The third-order valence-corrected chi connectivity index (χ3v) is 6.00. The van der Waals surface area contributed by atoms with E-state index in [0.717, 1.165) is 17.6 Å². The van der Waals surface area contributed by atoms with Gasteiger partial charge in [-0.1, -0.05) is 48.5 Å². The Kier molecular flexibility index (Phi) is 4.82. The van der Waals surface area contributed by atoms with Gasteiger partial charge >= 0.3 is 0 Å². The van der Waals surface area contributed by atoms with Gasteiger partial charge in [0.15, 0.2) is 0 Å². The van der Waals surface area contributed by atoms with Crippen LogP contribution in [0.5, 0.6) is 0 Å². The highest BCUT2D eigenvalue weighted by molar-refractivity contribution is 5.18. The zero-order valence-corrected chi connectivity index (χ0v) is 16.9. The number of hydrogen-bond donors (Lipinski definition) is 2. The highest BCUT2D eigenvalue weighted by Gasteiger charge is 2.49. The van der Waals surface area contributed by atoms with E-state index in [9.17, 15) is 0 Å². The van der Waals surface area contributed by atoms with Crippen molar-refractivity contribution in [3.05, 3.63) is 35.4 Å². The number of hydrogen-bond acceptors (Lipinski definition) is 2. The maximum atomic E-state index is 4.87. The van der Waals surface area contributed by atoms with E-state index in [1.54, 1.807) is 0 Å². The van der Waals surface area contributed by atoms with Crippen molar-refractivity contribution in [2.75, 3.05) is 0 Å². The molecule has 0 amide bonds. The normalized spacial score (nSPS) is 22.0. The maximum absolute atomic E-state index is 4.87. The average Bonchev–Trinajstić information content (AvgIpc) is 2.99. The summed E-state index contributed by atoms with van der Waals surface area (Å²) in [6.45, 7) is 15.8. The predicted octanol–water partition coefficient (Wildman–Crippen LogP) is 5.49. The Bertz CT molecular complexity index is 707. The minimum absolute atomic E-state index is 0.120. The van der Waals surface area contributed by atoms with Crippen LogP contribution in [0.15, 0.2) is 12.4 Å². The Morgan fingerprint density at radius 2 is 1.88 bits per heavy atom. The first-order valence-corrected chi connectivity index (χ1v) is 9.80. The highest BCUT2D eigenvalue weighted by Crippen LogP contribution is 2.54. The molecule has 2 N–H and O–H groups in total. The fourth-order valence-corrected chi connectivity index (χ4v) is 4.01. The Morgan fingerprint density at radius 3 is 2.44 bits per heavy atom. The molecule has 1 aliphatic carbocycles. The van der Waals surface area contributed by atoms with Gasteiger partial charge in [0, 0.05) is 29.4 Å². The molecule has 0 bridgehead atoms. The monoisotopic (exact) mass is 342 g/mol. The molecule has 2 unspecified atom stereocenters. The summed E-state index contributed by atoms with van der Waals surface area (Å²) in [7, 11) is 0. The molecule has 2 aromatic rings. The lowest BCUT2D eigenvalue weighted by molar-refractivity contribution is 0.389. The third kappa shape index (κ3) is 3.68. The lowest BCUT2D eigenvalue weighted by Crippen LogP contribution is -2.23. The van der Waals surface area contributed by atoms with E-state index < -0.39 is 0 Å². The summed E-state index contributed by atoms with van der Waals surface area (Å²) < 4.78 is 0. The summed E-state index contributed by atoms with van der Waals surface area (Å²) in [5.74, 6) is 5.23. The minimum atomic E-state index is 0.120. The predicted molar refractivity (Wildman–Crippen MR) is 103 cm³/mol. The van der Waals surface area contributed by atoms with Gasteiger partial charge in [0.25, 0.3) is 0 Å². The number of aromatic amines is 2. The summed E-state index contributed by atoms with van der Waals surface area (Å²) in [4.78, 5) is 16.4. The molecule has 1 saturated carbocycles. The Hall–Kier alpha value is -1.58. The average molecular weight is 343 g/mol. The zero-order valence-electron chi connectivity index (χ0n) is 16.9. The second-order valence-electron chi connectivity index (χ2n) is 9.17. The molecular formula is C21H34N4.